The quantitative estimate of drug-likeness (QED) is 0.362. The van der Waals surface area contributed by atoms with Crippen molar-refractivity contribution in [2.75, 3.05) is 6.61 Å². The molecule has 0 bridgehead atoms. The predicted octanol–water partition coefficient (Wildman–Crippen LogP) is 6.21. The molecule has 0 radical (unpaired) electrons. The first-order chi connectivity index (χ1) is 17.9. The number of nitrogens with zero attached hydrogens (tertiary/aromatic N) is 4. The normalized spacial score (nSPS) is 18.4. The van der Waals surface area contributed by atoms with E-state index in [-0.39, 0.29) is 23.5 Å². The van der Waals surface area contributed by atoms with Crippen LogP contribution in [0.4, 0.5) is 9.18 Å². The summed E-state index contributed by atoms with van der Waals surface area (Å²) in [5.74, 6) is -0.328. The SMILES string of the molecule is CC(C)Oc1ccc(-c2nnc(-c3cc(F)c(OCC4C(C)OC(C)(C)N4C(=O)O)cc3Cl)s2)cc1C#N. The van der Waals surface area contributed by atoms with Gasteiger partial charge in [-0.3, -0.25) is 4.90 Å². The van der Waals surface area contributed by atoms with Crippen molar-refractivity contribution < 1.29 is 28.5 Å². The highest BCUT2D eigenvalue weighted by Gasteiger charge is 2.48. The van der Waals surface area contributed by atoms with E-state index in [1.807, 2.05) is 13.8 Å². The molecule has 2 unspecified atom stereocenters. The van der Waals surface area contributed by atoms with Gasteiger partial charge >= 0.3 is 6.09 Å². The van der Waals surface area contributed by atoms with Crippen LogP contribution < -0.4 is 9.47 Å². The Labute approximate surface area is 228 Å². The predicted molar refractivity (Wildman–Crippen MR) is 140 cm³/mol. The lowest BCUT2D eigenvalue weighted by Gasteiger charge is -2.30. The molecule has 1 fully saturated rings. The van der Waals surface area contributed by atoms with Crippen LogP contribution in [0.2, 0.25) is 5.02 Å². The maximum atomic E-state index is 15.0. The number of carbonyl (C=O) groups is 1. The summed E-state index contributed by atoms with van der Waals surface area (Å²) in [4.78, 5) is 12.9. The molecule has 2 aromatic carbocycles. The molecule has 9 nitrogen and oxygen atoms in total. The molecule has 1 aliphatic rings. The van der Waals surface area contributed by atoms with Crippen molar-refractivity contribution in [2.24, 2.45) is 0 Å². The minimum Gasteiger partial charge on any atom is -0.490 e. The van der Waals surface area contributed by atoms with Gasteiger partial charge in [-0.25, -0.2) is 9.18 Å². The first-order valence-electron chi connectivity index (χ1n) is 11.8. The van der Waals surface area contributed by atoms with E-state index in [9.17, 15) is 15.2 Å². The monoisotopic (exact) mass is 560 g/mol. The second-order valence-corrected chi connectivity index (χ2v) is 10.8. The lowest BCUT2D eigenvalue weighted by atomic mass is 10.1. The Kier molecular flexibility index (Phi) is 7.78. The largest absolute Gasteiger partial charge is 0.490 e. The Hall–Kier alpha value is -3.46. The molecule has 0 spiro atoms. The van der Waals surface area contributed by atoms with Crippen molar-refractivity contribution in [3.63, 3.8) is 0 Å². The fraction of sp³-hybridized carbons (Fsp3) is 0.385. The minimum absolute atomic E-state index is 0.0806. The zero-order valence-corrected chi connectivity index (χ0v) is 22.9. The van der Waals surface area contributed by atoms with E-state index >= 15 is 4.39 Å². The standard InChI is InChI=1S/C26H26ClFN4O5S/c1-13(2)36-21-7-6-15(8-16(21)11-29)23-30-31-24(38-23)17-9-19(28)22(10-18(17)27)35-12-20-14(3)37-26(4,5)32(20)25(33)34/h6-10,13-14,20H,12H2,1-5H3,(H,33,34). The molecule has 1 aromatic heterocycles. The van der Waals surface area contributed by atoms with E-state index in [0.717, 1.165) is 4.90 Å². The molecule has 4 rings (SSSR count). The molecular weight excluding hydrogens is 535 g/mol. The summed E-state index contributed by atoms with van der Waals surface area (Å²) in [6, 6.07) is 9.16. The zero-order valence-electron chi connectivity index (χ0n) is 21.4. The maximum Gasteiger partial charge on any atom is 0.410 e. The van der Waals surface area contributed by atoms with E-state index in [0.29, 0.717) is 32.5 Å². The van der Waals surface area contributed by atoms with Crippen LogP contribution in [0.1, 0.15) is 40.2 Å². The van der Waals surface area contributed by atoms with E-state index in [4.69, 9.17) is 25.8 Å². The Bertz CT molecular complexity index is 1410. The zero-order chi connectivity index (χ0) is 27.8. The third-order valence-electron chi connectivity index (χ3n) is 5.93. The molecule has 1 N–H and O–H groups in total. The summed E-state index contributed by atoms with van der Waals surface area (Å²) in [5, 5.41) is 28.6. The maximum absolute atomic E-state index is 15.0. The summed E-state index contributed by atoms with van der Waals surface area (Å²) in [6.45, 7) is 8.66. The van der Waals surface area contributed by atoms with Crippen molar-refractivity contribution in [1.82, 2.24) is 15.1 Å². The van der Waals surface area contributed by atoms with Crippen molar-refractivity contribution in [2.45, 2.75) is 58.6 Å². The van der Waals surface area contributed by atoms with Gasteiger partial charge in [-0.05, 0) is 58.9 Å². The molecule has 0 saturated carbocycles. The van der Waals surface area contributed by atoms with E-state index in [1.54, 1.807) is 39.0 Å². The van der Waals surface area contributed by atoms with Crippen LogP contribution in [0.5, 0.6) is 11.5 Å². The summed E-state index contributed by atoms with van der Waals surface area (Å²) in [7, 11) is 0. The topological polar surface area (TPSA) is 118 Å². The highest BCUT2D eigenvalue weighted by atomic mass is 35.5. The third-order valence-corrected chi connectivity index (χ3v) is 7.25. The second kappa shape index (κ2) is 10.7. The van der Waals surface area contributed by atoms with Gasteiger partial charge in [0, 0.05) is 17.2 Å². The van der Waals surface area contributed by atoms with Crippen molar-refractivity contribution in [3.05, 3.63) is 46.7 Å². The summed E-state index contributed by atoms with van der Waals surface area (Å²) in [5.41, 5.74) is 0.318. The molecule has 3 aromatic rings. The number of ether oxygens (including phenoxy) is 3. The molecule has 1 aliphatic heterocycles. The number of carboxylic acid groups (broad SMARTS) is 1. The molecule has 2 atom stereocenters. The van der Waals surface area contributed by atoms with Crippen molar-refractivity contribution >= 4 is 29.0 Å². The van der Waals surface area contributed by atoms with Gasteiger partial charge in [-0.1, -0.05) is 22.9 Å². The van der Waals surface area contributed by atoms with Crippen LogP contribution >= 0.6 is 22.9 Å². The van der Waals surface area contributed by atoms with Gasteiger partial charge in [0.1, 0.15) is 34.2 Å². The van der Waals surface area contributed by atoms with E-state index in [2.05, 4.69) is 16.3 Å². The average molecular weight is 561 g/mol. The molecule has 1 amide bonds. The number of rotatable bonds is 7. The fourth-order valence-corrected chi connectivity index (χ4v) is 5.49. The van der Waals surface area contributed by atoms with Gasteiger partial charge in [-0.2, -0.15) is 5.26 Å². The van der Waals surface area contributed by atoms with Crippen LogP contribution in [0.25, 0.3) is 21.1 Å². The van der Waals surface area contributed by atoms with Gasteiger partial charge in [0.15, 0.2) is 11.6 Å². The van der Waals surface area contributed by atoms with Gasteiger partial charge in [0.05, 0.1) is 28.8 Å². The molecule has 12 heteroatoms. The Morgan fingerprint density at radius 2 is 2.00 bits per heavy atom. The number of nitriles is 1. The van der Waals surface area contributed by atoms with Gasteiger partial charge in [-0.15, -0.1) is 10.2 Å². The van der Waals surface area contributed by atoms with E-state index < -0.39 is 29.8 Å². The Morgan fingerprint density at radius 1 is 1.29 bits per heavy atom. The number of hydrogen-bond donors (Lipinski definition) is 1. The number of halogens is 2. The van der Waals surface area contributed by atoms with Crippen molar-refractivity contribution in [1.29, 1.82) is 5.26 Å². The van der Waals surface area contributed by atoms with Crippen LogP contribution in [-0.4, -0.2) is 56.9 Å². The number of aromatic nitrogens is 2. The van der Waals surface area contributed by atoms with Crippen LogP contribution in [0.3, 0.4) is 0 Å². The van der Waals surface area contributed by atoms with Gasteiger partial charge in [0.25, 0.3) is 0 Å². The van der Waals surface area contributed by atoms with Crippen LogP contribution in [0.15, 0.2) is 30.3 Å². The second-order valence-electron chi connectivity index (χ2n) is 9.46. The number of amides is 1. The molecule has 2 heterocycles. The first kappa shape index (κ1) is 27.6. The Morgan fingerprint density at radius 3 is 2.66 bits per heavy atom. The lowest BCUT2D eigenvalue weighted by molar-refractivity contribution is -0.0621. The third kappa shape index (κ3) is 5.53. The lowest BCUT2D eigenvalue weighted by Crippen LogP contribution is -2.49. The van der Waals surface area contributed by atoms with E-state index in [1.165, 1.54) is 23.5 Å². The van der Waals surface area contributed by atoms with Gasteiger partial charge < -0.3 is 19.3 Å². The van der Waals surface area contributed by atoms with Gasteiger partial charge in [0.2, 0.25) is 0 Å². The number of hydrogen-bond acceptors (Lipinski definition) is 8. The smallest absolute Gasteiger partial charge is 0.410 e. The van der Waals surface area contributed by atoms with Crippen LogP contribution in [-0.2, 0) is 4.74 Å². The molecular formula is C26H26ClFN4O5S. The van der Waals surface area contributed by atoms with Crippen LogP contribution in [0, 0.1) is 17.1 Å². The Balaban J connectivity index is 1.54. The summed E-state index contributed by atoms with van der Waals surface area (Å²) in [6.07, 6.45) is -1.69. The molecule has 1 saturated heterocycles. The average Bonchev–Trinajstić information content (AvgIpc) is 3.40. The first-order valence-corrected chi connectivity index (χ1v) is 13.0. The van der Waals surface area contributed by atoms with Crippen molar-refractivity contribution in [3.8, 4) is 38.7 Å². The molecule has 200 valence electrons. The number of benzene rings is 2. The highest BCUT2D eigenvalue weighted by molar-refractivity contribution is 7.18. The molecule has 0 aliphatic carbocycles. The minimum atomic E-state index is -1.15. The highest BCUT2D eigenvalue weighted by Crippen LogP contribution is 2.39. The summed E-state index contributed by atoms with van der Waals surface area (Å²) >= 11 is 7.65. The fourth-order valence-electron chi connectivity index (χ4n) is 4.32. The molecule has 38 heavy (non-hydrogen) atoms. The summed E-state index contributed by atoms with van der Waals surface area (Å²) < 4.78 is 32.1.